The number of anilines is 2. The van der Waals surface area contributed by atoms with Crippen molar-refractivity contribution in [3.8, 4) is 11.1 Å². The average Bonchev–Trinajstić information content (AvgIpc) is 2.81. The van der Waals surface area contributed by atoms with E-state index in [2.05, 4.69) is 25.8 Å². The molecule has 0 radical (unpaired) electrons. The highest BCUT2D eigenvalue weighted by atomic mass is 19.1. The van der Waals surface area contributed by atoms with E-state index >= 15 is 0 Å². The maximum absolute atomic E-state index is 14.7. The molecule has 3 heterocycles. The standard InChI is InChI=1S/C24H29FN6O2/c1-15-10-20(25)22(30-24(32)27-4-5-31-6-8-33-9-7-31)12-18(15)19-11-17-14-28-23(26-3)13-21(17)29-16(19)2/h10-14H,4-9H2,1-3H3,(H,26,28)(H2,27,30,32). The fraction of sp³-hybridized carbons (Fsp3) is 0.375. The molecule has 1 saturated heterocycles. The van der Waals surface area contributed by atoms with Crippen LogP contribution in [0.2, 0.25) is 0 Å². The lowest BCUT2D eigenvalue weighted by atomic mass is 9.97. The number of morpholine rings is 1. The van der Waals surface area contributed by atoms with Crippen LogP contribution < -0.4 is 16.0 Å². The summed E-state index contributed by atoms with van der Waals surface area (Å²) in [4.78, 5) is 23.7. The summed E-state index contributed by atoms with van der Waals surface area (Å²) in [6, 6.07) is 6.55. The van der Waals surface area contributed by atoms with Crippen molar-refractivity contribution in [2.75, 3.05) is 57.1 Å². The number of carbonyl (C=O) groups is 1. The van der Waals surface area contributed by atoms with E-state index in [9.17, 15) is 9.18 Å². The summed E-state index contributed by atoms with van der Waals surface area (Å²) in [6.07, 6.45) is 1.76. The van der Waals surface area contributed by atoms with Gasteiger partial charge in [0.2, 0.25) is 0 Å². The number of nitrogens with one attached hydrogen (secondary N) is 3. The van der Waals surface area contributed by atoms with E-state index in [0.29, 0.717) is 19.8 Å². The Bertz CT molecular complexity index is 1160. The first kappa shape index (κ1) is 22.9. The minimum absolute atomic E-state index is 0.127. The number of fused-ring (bicyclic) bond motifs is 1. The van der Waals surface area contributed by atoms with Crippen molar-refractivity contribution < 1.29 is 13.9 Å². The van der Waals surface area contributed by atoms with Gasteiger partial charge in [-0.2, -0.15) is 0 Å². The highest BCUT2D eigenvalue weighted by Crippen LogP contribution is 2.32. The number of hydrogen-bond acceptors (Lipinski definition) is 6. The summed E-state index contributed by atoms with van der Waals surface area (Å²) in [6.45, 7) is 8.08. The van der Waals surface area contributed by atoms with Crippen molar-refractivity contribution in [2.24, 2.45) is 0 Å². The number of rotatable bonds is 6. The van der Waals surface area contributed by atoms with Gasteiger partial charge in [0.25, 0.3) is 0 Å². The zero-order valence-electron chi connectivity index (χ0n) is 19.2. The molecule has 0 spiro atoms. The van der Waals surface area contributed by atoms with Crippen LogP contribution in [0.3, 0.4) is 0 Å². The van der Waals surface area contributed by atoms with Gasteiger partial charge in [-0.3, -0.25) is 9.88 Å². The molecule has 8 nitrogen and oxygen atoms in total. The molecule has 33 heavy (non-hydrogen) atoms. The minimum Gasteiger partial charge on any atom is -0.379 e. The average molecular weight is 453 g/mol. The fourth-order valence-corrected chi connectivity index (χ4v) is 3.95. The maximum atomic E-state index is 14.7. The van der Waals surface area contributed by atoms with Crippen molar-refractivity contribution in [3.05, 3.63) is 47.5 Å². The van der Waals surface area contributed by atoms with Crippen molar-refractivity contribution in [1.82, 2.24) is 20.2 Å². The molecule has 2 aromatic heterocycles. The van der Waals surface area contributed by atoms with Crippen LogP contribution in [0.15, 0.2) is 30.5 Å². The molecule has 0 atom stereocenters. The fourth-order valence-electron chi connectivity index (χ4n) is 3.95. The lowest BCUT2D eigenvalue weighted by Gasteiger charge is -2.26. The molecule has 3 N–H and O–H groups in total. The van der Waals surface area contributed by atoms with E-state index in [0.717, 1.165) is 58.7 Å². The third kappa shape index (κ3) is 5.37. The summed E-state index contributed by atoms with van der Waals surface area (Å²) in [7, 11) is 1.81. The van der Waals surface area contributed by atoms with Crippen LogP contribution in [-0.2, 0) is 4.74 Å². The molecule has 4 rings (SSSR count). The summed E-state index contributed by atoms with van der Waals surface area (Å²) >= 11 is 0. The Morgan fingerprint density at radius 3 is 2.70 bits per heavy atom. The van der Waals surface area contributed by atoms with Gasteiger partial charge >= 0.3 is 6.03 Å². The van der Waals surface area contributed by atoms with E-state index in [1.54, 1.807) is 12.3 Å². The third-order valence-electron chi connectivity index (χ3n) is 5.82. The van der Waals surface area contributed by atoms with Crippen molar-refractivity contribution in [1.29, 1.82) is 0 Å². The first-order valence-corrected chi connectivity index (χ1v) is 11.0. The number of ether oxygens (including phenoxy) is 1. The van der Waals surface area contributed by atoms with E-state index in [1.807, 2.05) is 33.0 Å². The van der Waals surface area contributed by atoms with Gasteiger partial charge in [0.05, 0.1) is 24.4 Å². The number of hydrogen-bond donors (Lipinski definition) is 3. The number of amides is 2. The van der Waals surface area contributed by atoms with Crippen LogP contribution >= 0.6 is 0 Å². The van der Waals surface area contributed by atoms with Crippen LogP contribution in [0.4, 0.5) is 20.7 Å². The quantitative estimate of drug-likeness (QED) is 0.530. The van der Waals surface area contributed by atoms with Crippen molar-refractivity contribution in [2.45, 2.75) is 13.8 Å². The lowest BCUT2D eigenvalue weighted by molar-refractivity contribution is 0.0388. The number of nitrogens with zero attached hydrogens (tertiary/aromatic N) is 3. The highest BCUT2D eigenvalue weighted by molar-refractivity contribution is 5.92. The molecule has 0 bridgehead atoms. The van der Waals surface area contributed by atoms with Crippen LogP contribution in [0.25, 0.3) is 22.0 Å². The number of pyridine rings is 2. The van der Waals surface area contributed by atoms with E-state index in [4.69, 9.17) is 9.72 Å². The van der Waals surface area contributed by atoms with Crippen molar-refractivity contribution in [3.63, 3.8) is 0 Å². The number of carbonyl (C=O) groups excluding carboxylic acids is 1. The van der Waals surface area contributed by atoms with Crippen LogP contribution in [0, 0.1) is 19.7 Å². The topological polar surface area (TPSA) is 91.4 Å². The molecule has 2 amide bonds. The molecular formula is C24H29FN6O2. The van der Waals surface area contributed by atoms with Gasteiger partial charge in [-0.05, 0) is 43.2 Å². The minimum atomic E-state index is -0.480. The van der Waals surface area contributed by atoms with Crippen molar-refractivity contribution >= 4 is 28.4 Å². The van der Waals surface area contributed by atoms with Crippen LogP contribution in [0.5, 0.6) is 0 Å². The maximum Gasteiger partial charge on any atom is 0.319 e. The van der Waals surface area contributed by atoms with E-state index < -0.39 is 11.8 Å². The smallest absolute Gasteiger partial charge is 0.319 e. The first-order chi connectivity index (χ1) is 15.9. The zero-order chi connectivity index (χ0) is 23.4. The third-order valence-corrected chi connectivity index (χ3v) is 5.82. The van der Waals surface area contributed by atoms with Crippen LogP contribution in [0.1, 0.15) is 11.3 Å². The molecular weight excluding hydrogens is 423 g/mol. The molecule has 1 fully saturated rings. The summed E-state index contributed by atoms with van der Waals surface area (Å²) < 4.78 is 20.0. The molecule has 174 valence electrons. The zero-order valence-corrected chi connectivity index (χ0v) is 19.2. The highest BCUT2D eigenvalue weighted by Gasteiger charge is 2.15. The predicted molar refractivity (Wildman–Crippen MR) is 128 cm³/mol. The van der Waals surface area contributed by atoms with Crippen LogP contribution in [-0.4, -0.2) is 67.3 Å². The van der Waals surface area contributed by atoms with E-state index in [1.165, 1.54) is 6.07 Å². The lowest BCUT2D eigenvalue weighted by Crippen LogP contribution is -2.42. The Kier molecular flexibility index (Phi) is 7.00. The van der Waals surface area contributed by atoms with Gasteiger partial charge in [-0.25, -0.2) is 14.2 Å². The Labute approximate surface area is 192 Å². The largest absolute Gasteiger partial charge is 0.379 e. The number of halogens is 1. The number of aryl methyl sites for hydroxylation is 2. The summed E-state index contributed by atoms with van der Waals surface area (Å²) in [5.74, 6) is 0.262. The molecule has 3 aromatic rings. The molecule has 1 aliphatic rings. The molecule has 9 heteroatoms. The number of urea groups is 1. The molecule has 0 unspecified atom stereocenters. The summed E-state index contributed by atoms with van der Waals surface area (Å²) in [5.41, 5.74) is 4.21. The number of aromatic nitrogens is 2. The van der Waals surface area contributed by atoms with Gasteiger partial charge in [0, 0.05) is 62.1 Å². The first-order valence-electron chi connectivity index (χ1n) is 11.0. The number of benzene rings is 1. The molecule has 0 aliphatic carbocycles. The Balaban J connectivity index is 1.52. The normalized spacial score (nSPS) is 14.3. The van der Waals surface area contributed by atoms with Gasteiger partial charge < -0.3 is 20.7 Å². The Morgan fingerprint density at radius 1 is 1.15 bits per heavy atom. The molecule has 1 aromatic carbocycles. The molecule has 0 saturated carbocycles. The molecule has 1 aliphatic heterocycles. The second-order valence-corrected chi connectivity index (χ2v) is 8.12. The second-order valence-electron chi connectivity index (χ2n) is 8.12. The monoisotopic (exact) mass is 452 g/mol. The Morgan fingerprint density at radius 2 is 1.94 bits per heavy atom. The SMILES string of the molecule is CNc1cc2nc(C)c(-c3cc(NC(=O)NCCN4CCOCC4)c(F)cc3C)cc2cn1. The predicted octanol–water partition coefficient (Wildman–Crippen LogP) is 3.55. The van der Waals surface area contributed by atoms with Gasteiger partial charge in [-0.1, -0.05) is 0 Å². The van der Waals surface area contributed by atoms with Gasteiger partial charge in [0.15, 0.2) is 0 Å². The summed E-state index contributed by atoms with van der Waals surface area (Å²) in [5, 5.41) is 9.34. The Hall–Kier alpha value is -3.30. The second kappa shape index (κ2) is 10.1. The van der Waals surface area contributed by atoms with E-state index in [-0.39, 0.29) is 5.69 Å². The van der Waals surface area contributed by atoms with Gasteiger partial charge in [0.1, 0.15) is 11.6 Å². The van der Waals surface area contributed by atoms with Gasteiger partial charge in [-0.15, -0.1) is 0 Å².